The first-order valence-corrected chi connectivity index (χ1v) is 9.53. The lowest BCUT2D eigenvalue weighted by molar-refractivity contribution is -0.121. The third-order valence-corrected chi connectivity index (χ3v) is 4.93. The predicted molar refractivity (Wildman–Crippen MR) is 92.5 cm³/mol. The fourth-order valence-electron chi connectivity index (χ4n) is 2.37. The summed E-state index contributed by atoms with van der Waals surface area (Å²) in [4.78, 5) is 12.3. The van der Waals surface area contributed by atoms with Gasteiger partial charge in [-0.3, -0.25) is 4.79 Å². The number of carbonyl (C=O) groups excluding carboxylic acids is 1. The van der Waals surface area contributed by atoms with E-state index in [2.05, 4.69) is 5.32 Å². The maximum absolute atomic E-state index is 12.0. The minimum atomic E-state index is -3.22. The Labute approximate surface area is 142 Å². The molecule has 1 atom stereocenters. The van der Waals surface area contributed by atoms with Crippen LogP contribution in [0.4, 0.5) is 0 Å². The van der Waals surface area contributed by atoms with Gasteiger partial charge in [0.2, 0.25) is 5.91 Å². The molecule has 0 bridgehead atoms. The first-order valence-electron chi connectivity index (χ1n) is 7.63. The molecule has 0 saturated carbocycles. The smallest absolute Gasteiger partial charge is 0.220 e. The zero-order valence-corrected chi connectivity index (χ0v) is 14.5. The van der Waals surface area contributed by atoms with Crippen molar-refractivity contribution in [2.24, 2.45) is 0 Å². The maximum Gasteiger partial charge on any atom is 0.220 e. The Morgan fingerprint density at radius 3 is 2.33 bits per heavy atom. The monoisotopic (exact) mass is 347 g/mol. The summed E-state index contributed by atoms with van der Waals surface area (Å²) < 4.78 is 22.9. The number of hydrogen-bond donors (Lipinski definition) is 2. The highest BCUT2D eigenvalue weighted by atomic mass is 32.2. The molecule has 0 fully saturated rings. The second-order valence-electron chi connectivity index (χ2n) is 5.76. The average Bonchev–Trinajstić information content (AvgIpc) is 2.53. The van der Waals surface area contributed by atoms with Crippen LogP contribution in [-0.2, 0) is 21.1 Å². The van der Waals surface area contributed by atoms with Crippen molar-refractivity contribution in [1.82, 2.24) is 5.32 Å². The third-order valence-electron chi connectivity index (χ3n) is 3.80. The summed E-state index contributed by atoms with van der Waals surface area (Å²) in [6.07, 6.45) is 1.88. The summed E-state index contributed by atoms with van der Waals surface area (Å²) in [6, 6.07) is 13.2. The van der Waals surface area contributed by atoms with Gasteiger partial charge in [0.25, 0.3) is 0 Å². The van der Waals surface area contributed by atoms with Crippen LogP contribution in [0.2, 0.25) is 0 Å². The van der Waals surface area contributed by atoms with Gasteiger partial charge in [-0.2, -0.15) is 0 Å². The zero-order chi connectivity index (χ0) is 17.7. The van der Waals surface area contributed by atoms with E-state index in [9.17, 15) is 18.3 Å². The number of para-hydroxylation sites is 1. The maximum atomic E-state index is 12.0. The minimum absolute atomic E-state index is 0.127. The van der Waals surface area contributed by atoms with Crippen molar-refractivity contribution in [3.8, 4) is 5.75 Å². The summed E-state index contributed by atoms with van der Waals surface area (Å²) >= 11 is 0. The van der Waals surface area contributed by atoms with E-state index in [0.717, 1.165) is 17.4 Å². The molecular weight excluding hydrogens is 326 g/mol. The highest BCUT2D eigenvalue weighted by Crippen LogP contribution is 2.19. The van der Waals surface area contributed by atoms with Crippen molar-refractivity contribution >= 4 is 15.7 Å². The molecule has 0 saturated heterocycles. The molecule has 0 aliphatic carbocycles. The molecule has 2 N–H and O–H groups in total. The Bertz CT molecular complexity index is 813. The molecule has 6 heteroatoms. The number of rotatable bonds is 6. The van der Waals surface area contributed by atoms with Crippen molar-refractivity contribution in [2.75, 3.05) is 6.26 Å². The number of aryl methyl sites for hydroxylation is 1. The van der Waals surface area contributed by atoms with Gasteiger partial charge in [0.15, 0.2) is 9.84 Å². The van der Waals surface area contributed by atoms with Gasteiger partial charge in [-0.15, -0.1) is 0 Å². The SMILES string of the molecule is CC(NC(=O)CCc1ccccc1O)c1ccc(S(C)(=O)=O)cc1. The molecule has 5 nitrogen and oxygen atoms in total. The Balaban J connectivity index is 1.93. The van der Waals surface area contributed by atoms with Crippen molar-refractivity contribution in [1.29, 1.82) is 0 Å². The van der Waals surface area contributed by atoms with Crippen molar-refractivity contribution in [2.45, 2.75) is 30.7 Å². The van der Waals surface area contributed by atoms with Crippen molar-refractivity contribution < 1.29 is 18.3 Å². The molecule has 128 valence electrons. The molecular formula is C18H21NO4S. The molecule has 0 aliphatic rings. The minimum Gasteiger partial charge on any atom is -0.508 e. The average molecular weight is 347 g/mol. The van der Waals surface area contributed by atoms with Gasteiger partial charge >= 0.3 is 0 Å². The van der Waals surface area contributed by atoms with Crippen LogP contribution in [0.15, 0.2) is 53.4 Å². The van der Waals surface area contributed by atoms with E-state index in [1.165, 1.54) is 12.1 Å². The molecule has 0 aromatic heterocycles. The Morgan fingerprint density at radius 1 is 1.12 bits per heavy atom. The zero-order valence-electron chi connectivity index (χ0n) is 13.7. The lowest BCUT2D eigenvalue weighted by Gasteiger charge is -2.15. The van der Waals surface area contributed by atoms with Crippen LogP contribution in [0.25, 0.3) is 0 Å². The molecule has 24 heavy (non-hydrogen) atoms. The number of phenols is 1. The van der Waals surface area contributed by atoms with E-state index in [1.54, 1.807) is 30.3 Å². The fourth-order valence-corrected chi connectivity index (χ4v) is 3.00. The van der Waals surface area contributed by atoms with Crippen LogP contribution < -0.4 is 5.32 Å². The number of amides is 1. The van der Waals surface area contributed by atoms with E-state index in [-0.39, 0.29) is 29.0 Å². The van der Waals surface area contributed by atoms with E-state index in [0.29, 0.717) is 6.42 Å². The van der Waals surface area contributed by atoms with E-state index in [4.69, 9.17) is 0 Å². The van der Waals surface area contributed by atoms with Crippen molar-refractivity contribution in [3.05, 3.63) is 59.7 Å². The summed E-state index contributed by atoms with van der Waals surface area (Å²) in [5.74, 6) is 0.0626. The number of carbonyl (C=O) groups is 1. The van der Waals surface area contributed by atoms with E-state index < -0.39 is 9.84 Å². The van der Waals surface area contributed by atoms with Gasteiger partial charge in [-0.25, -0.2) is 8.42 Å². The van der Waals surface area contributed by atoms with Gasteiger partial charge in [-0.1, -0.05) is 30.3 Å². The van der Waals surface area contributed by atoms with Crippen LogP contribution in [-0.4, -0.2) is 25.7 Å². The van der Waals surface area contributed by atoms with Gasteiger partial charge in [-0.05, 0) is 42.7 Å². The molecule has 0 spiro atoms. The van der Waals surface area contributed by atoms with Gasteiger partial charge < -0.3 is 10.4 Å². The third kappa shape index (κ3) is 4.83. The lowest BCUT2D eigenvalue weighted by Crippen LogP contribution is -2.26. The van der Waals surface area contributed by atoms with Gasteiger partial charge in [0.1, 0.15) is 5.75 Å². The molecule has 0 radical (unpaired) electrons. The molecule has 1 amide bonds. The summed E-state index contributed by atoms with van der Waals surface area (Å²) in [6.45, 7) is 1.84. The summed E-state index contributed by atoms with van der Waals surface area (Å²) in [5.41, 5.74) is 1.57. The van der Waals surface area contributed by atoms with Crippen LogP contribution in [0.5, 0.6) is 5.75 Å². The quantitative estimate of drug-likeness (QED) is 0.841. The predicted octanol–water partition coefficient (Wildman–Crippen LogP) is 2.61. The van der Waals surface area contributed by atoms with E-state index in [1.807, 2.05) is 13.0 Å². The number of hydrogen-bond acceptors (Lipinski definition) is 4. The van der Waals surface area contributed by atoms with Crippen molar-refractivity contribution in [3.63, 3.8) is 0 Å². The fraction of sp³-hybridized carbons (Fsp3) is 0.278. The summed E-state index contributed by atoms with van der Waals surface area (Å²) in [7, 11) is -3.22. The highest BCUT2D eigenvalue weighted by Gasteiger charge is 2.12. The van der Waals surface area contributed by atoms with Crippen LogP contribution >= 0.6 is 0 Å². The molecule has 2 aromatic carbocycles. The Morgan fingerprint density at radius 2 is 1.75 bits per heavy atom. The highest BCUT2D eigenvalue weighted by molar-refractivity contribution is 7.90. The first-order chi connectivity index (χ1) is 11.3. The van der Waals surface area contributed by atoms with Crippen LogP contribution in [0.3, 0.4) is 0 Å². The normalized spacial score (nSPS) is 12.6. The number of phenolic OH excluding ortho intramolecular Hbond substituents is 1. The number of benzene rings is 2. The van der Waals surface area contributed by atoms with Crippen LogP contribution in [0, 0.1) is 0 Å². The molecule has 1 unspecified atom stereocenters. The molecule has 2 aromatic rings. The lowest BCUT2D eigenvalue weighted by atomic mass is 10.1. The van der Waals surface area contributed by atoms with Crippen LogP contribution in [0.1, 0.15) is 30.5 Å². The standard InChI is InChI=1S/C18H21NO4S/c1-13(14-7-10-16(11-8-14)24(2,22)23)19-18(21)12-9-15-5-3-4-6-17(15)20/h3-8,10-11,13,20H,9,12H2,1-2H3,(H,19,21). The Kier molecular flexibility index (Phi) is 5.62. The number of aromatic hydroxyl groups is 1. The largest absolute Gasteiger partial charge is 0.508 e. The number of sulfone groups is 1. The molecule has 0 aliphatic heterocycles. The second kappa shape index (κ2) is 7.49. The molecule has 2 rings (SSSR count). The first kappa shape index (κ1) is 18.0. The van der Waals surface area contributed by atoms with Gasteiger partial charge in [0, 0.05) is 12.7 Å². The molecule has 0 heterocycles. The Hall–Kier alpha value is -2.34. The number of nitrogens with one attached hydrogen (secondary N) is 1. The summed E-state index contributed by atoms with van der Waals surface area (Å²) in [5, 5.41) is 12.6. The topological polar surface area (TPSA) is 83.5 Å². The van der Waals surface area contributed by atoms with E-state index >= 15 is 0 Å². The van der Waals surface area contributed by atoms with Gasteiger partial charge in [0.05, 0.1) is 10.9 Å². The second-order valence-corrected chi connectivity index (χ2v) is 7.77.